The highest BCUT2D eigenvalue weighted by Gasteiger charge is 2.12. The summed E-state index contributed by atoms with van der Waals surface area (Å²) < 4.78 is 9.66. The fourth-order valence-electron chi connectivity index (χ4n) is 2.11. The summed E-state index contributed by atoms with van der Waals surface area (Å²) in [7, 11) is 1.37. The number of esters is 1. The van der Waals surface area contributed by atoms with Crippen molar-refractivity contribution < 1.29 is 23.9 Å². The number of alkyl carbamates (subject to hydrolysis) is 1. The minimum Gasteiger partial charge on any atom is -0.469 e. The number of rotatable bonds is 10. The standard InChI is InChI=1S/C18H26N2O5/c1-14(17(22)24-2)8-6-7-11-19-16(21)12-20-18(23)25-13-15-9-4-3-5-10-15/h3-5,9-10,14H,6-8,11-13H2,1-2H3,(H,19,21)(H,20,23)/t14-/m0/s1. The molecule has 0 saturated carbocycles. The van der Waals surface area contributed by atoms with Gasteiger partial charge in [-0.2, -0.15) is 0 Å². The first-order valence-electron chi connectivity index (χ1n) is 8.32. The molecule has 0 aliphatic rings. The smallest absolute Gasteiger partial charge is 0.407 e. The molecule has 1 aromatic rings. The Morgan fingerprint density at radius 1 is 1.08 bits per heavy atom. The molecule has 0 fully saturated rings. The highest BCUT2D eigenvalue weighted by Crippen LogP contribution is 2.08. The van der Waals surface area contributed by atoms with Crippen LogP contribution in [0.15, 0.2) is 30.3 Å². The molecule has 7 heteroatoms. The lowest BCUT2D eigenvalue weighted by molar-refractivity contribution is -0.145. The second-order valence-corrected chi connectivity index (χ2v) is 5.69. The van der Waals surface area contributed by atoms with Crippen LogP contribution in [-0.2, 0) is 25.7 Å². The van der Waals surface area contributed by atoms with E-state index in [1.807, 2.05) is 37.3 Å². The molecule has 2 N–H and O–H groups in total. The molecular weight excluding hydrogens is 324 g/mol. The number of amides is 2. The molecule has 0 aliphatic heterocycles. The largest absolute Gasteiger partial charge is 0.469 e. The third-order valence-electron chi connectivity index (χ3n) is 3.60. The monoisotopic (exact) mass is 350 g/mol. The predicted molar refractivity (Wildman–Crippen MR) is 92.7 cm³/mol. The van der Waals surface area contributed by atoms with Crippen molar-refractivity contribution in [2.75, 3.05) is 20.2 Å². The lowest BCUT2D eigenvalue weighted by Gasteiger charge is -2.10. The van der Waals surface area contributed by atoms with E-state index >= 15 is 0 Å². The fourth-order valence-corrected chi connectivity index (χ4v) is 2.11. The number of hydrogen-bond acceptors (Lipinski definition) is 5. The van der Waals surface area contributed by atoms with Gasteiger partial charge in [-0.1, -0.05) is 43.7 Å². The summed E-state index contributed by atoms with van der Waals surface area (Å²) in [6.07, 6.45) is 1.65. The van der Waals surface area contributed by atoms with Crippen molar-refractivity contribution in [1.29, 1.82) is 0 Å². The SMILES string of the molecule is COC(=O)[C@@H](C)CCCCNC(=O)CNC(=O)OCc1ccccc1. The predicted octanol–water partition coefficient (Wildman–Crippen LogP) is 2.01. The molecule has 0 unspecified atom stereocenters. The Kier molecular flexibility index (Phi) is 9.74. The van der Waals surface area contributed by atoms with E-state index in [0.717, 1.165) is 18.4 Å². The molecule has 0 bridgehead atoms. The van der Waals surface area contributed by atoms with Crippen molar-refractivity contribution in [2.24, 2.45) is 5.92 Å². The van der Waals surface area contributed by atoms with Crippen LogP contribution in [0.4, 0.5) is 4.79 Å². The summed E-state index contributed by atoms with van der Waals surface area (Å²) >= 11 is 0. The summed E-state index contributed by atoms with van der Waals surface area (Å²) in [6, 6.07) is 9.29. The maximum atomic E-state index is 11.6. The molecule has 0 aliphatic carbocycles. The Morgan fingerprint density at radius 2 is 1.80 bits per heavy atom. The van der Waals surface area contributed by atoms with Crippen LogP contribution in [0.3, 0.4) is 0 Å². The van der Waals surface area contributed by atoms with Crippen LogP contribution in [0.5, 0.6) is 0 Å². The fraction of sp³-hybridized carbons (Fsp3) is 0.500. The second-order valence-electron chi connectivity index (χ2n) is 5.69. The zero-order valence-electron chi connectivity index (χ0n) is 14.7. The Balaban J connectivity index is 2.04. The first-order valence-corrected chi connectivity index (χ1v) is 8.32. The summed E-state index contributed by atoms with van der Waals surface area (Å²) in [4.78, 5) is 34.4. The zero-order valence-corrected chi connectivity index (χ0v) is 14.7. The molecule has 0 aromatic heterocycles. The lowest BCUT2D eigenvalue weighted by Crippen LogP contribution is -2.37. The van der Waals surface area contributed by atoms with Gasteiger partial charge in [0.1, 0.15) is 6.61 Å². The maximum Gasteiger partial charge on any atom is 0.407 e. The molecule has 0 radical (unpaired) electrons. The van der Waals surface area contributed by atoms with E-state index in [0.29, 0.717) is 13.0 Å². The van der Waals surface area contributed by atoms with Gasteiger partial charge in [-0.25, -0.2) is 4.79 Å². The molecule has 25 heavy (non-hydrogen) atoms. The molecule has 2 amide bonds. The lowest BCUT2D eigenvalue weighted by atomic mass is 10.0. The molecule has 0 spiro atoms. The summed E-state index contributed by atoms with van der Waals surface area (Å²) in [5, 5.41) is 5.10. The van der Waals surface area contributed by atoms with Crippen LogP contribution >= 0.6 is 0 Å². The van der Waals surface area contributed by atoms with E-state index in [-0.39, 0.29) is 30.9 Å². The van der Waals surface area contributed by atoms with Crippen molar-refractivity contribution >= 4 is 18.0 Å². The summed E-state index contributed by atoms with van der Waals surface area (Å²) in [5.74, 6) is -0.637. The van der Waals surface area contributed by atoms with Gasteiger partial charge < -0.3 is 20.1 Å². The van der Waals surface area contributed by atoms with Gasteiger partial charge in [0.25, 0.3) is 0 Å². The molecule has 1 atom stereocenters. The number of unbranched alkanes of at least 4 members (excludes halogenated alkanes) is 1. The zero-order chi connectivity index (χ0) is 18.5. The molecule has 0 saturated heterocycles. The maximum absolute atomic E-state index is 11.6. The summed E-state index contributed by atoms with van der Waals surface area (Å²) in [6.45, 7) is 2.34. The van der Waals surface area contributed by atoms with Crippen molar-refractivity contribution in [1.82, 2.24) is 10.6 Å². The van der Waals surface area contributed by atoms with Crippen molar-refractivity contribution in [3.63, 3.8) is 0 Å². The van der Waals surface area contributed by atoms with Crippen LogP contribution < -0.4 is 10.6 Å². The van der Waals surface area contributed by atoms with Gasteiger partial charge in [0, 0.05) is 6.54 Å². The van der Waals surface area contributed by atoms with Crippen LogP contribution in [0.25, 0.3) is 0 Å². The minimum atomic E-state index is -0.633. The van der Waals surface area contributed by atoms with E-state index in [1.165, 1.54) is 7.11 Å². The van der Waals surface area contributed by atoms with E-state index in [1.54, 1.807) is 0 Å². The normalized spacial score (nSPS) is 11.3. The van der Waals surface area contributed by atoms with E-state index in [4.69, 9.17) is 4.74 Å². The molecule has 1 rings (SSSR count). The second kappa shape index (κ2) is 11.9. The van der Waals surface area contributed by atoms with Crippen molar-refractivity contribution in [2.45, 2.75) is 32.8 Å². The molecule has 0 heterocycles. The Hall–Kier alpha value is -2.57. The highest BCUT2D eigenvalue weighted by atomic mass is 16.5. The number of nitrogens with one attached hydrogen (secondary N) is 2. The van der Waals surface area contributed by atoms with E-state index in [2.05, 4.69) is 15.4 Å². The Labute approximate surface area is 148 Å². The molecule has 7 nitrogen and oxygen atoms in total. The number of carbonyl (C=O) groups excluding carboxylic acids is 3. The number of ether oxygens (including phenoxy) is 2. The topological polar surface area (TPSA) is 93.7 Å². The summed E-state index contributed by atoms with van der Waals surface area (Å²) in [5.41, 5.74) is 0.878. The van der Waals surface area contributed by atoms with Gasteiger partial charge in [0.05, 0.1) is 19.6 Å². The van der Waals surface area contributed by atoms with Gasteiger partial charge in [0.15, 0.2) is 0 Å². The van der Waals surface area contributed by atoms with E-state index in [9.17, 15) is 14.4 Å². The van der Waals surface area contributed by atoms with Gasteiger partial charge >= 0.3 is 12.1 Å². The van der Waals surface area contributed by atoms with Crippen LogP contribution in [0, 0.1) is 5.92 Å². The quantitative estimate of drug-likeness (QED) is 0.497. The average Bonchev–Trinajstić information content (AvgIpc) is 2.64. The highest BCUT2D eigenvalue weighted by molar-refractivity contribution is 5.82. The molecular formula is C18H26N2O5. The Bertz CT molecular complexity index is 548. The van der Waals surface area contributed by atoms with E-state index < -0.39 is 6.09 Å². The minimum absolute atomic E-state index is 0.133. The third-order valence-corrected chi connectivity index (χ3v) is 3.60. The number of benzene rings is 1. The van der Waals surface area contributed by atoms with Gasteiger partial charge in [-0.15, -0.1) is 0 Å². The first kappa shape index (κ1) is 20.5. The molecule has 138 valence electrons. The number of carbonyl (C=O) groups is 3. The number of methoxy groups -OCH3 is 1. The van der Waals surface area contributed by atoms with Crippen molar-refractivity contribution in [3.8, 4) is 0 Å². The van der Waals surface area contributed by atoms with Crippen molar-refractivity contribution in [3.05, 3.63) is 35.9 Å². The number of hydrogen-bond donors (Lipinski definition) is 2. The van der Waals surface area contributed by atoms with Gasteiger partial charge in [-0.05, 0) is 18.4 Å². The molecule has 1 aromatic carbocycles. The van der Waals surface area contributed by atoms with Crippen LogP contribution in [-0.4, -0.2) is 38.2 Å². The van der Waals surface area contributed by atoms with Gasteiger partial charge in [0.2, 0.25) is 5.91 Å². The van der Waals surface area contributed by atoms with Crippen LogP contribution in [0.1, 0.15) is 31.7 Å². The average molecular weight is 350 g/mol. The first-order chi connectivity index (χ1) is 12.0. The van der Waals surface area contributed by atoms with Crippen LogP contribution in [0.2, 0.25) is 0 Å². The van der Waals surface area contributed by atoms with Gasteiger partial charge in [-0.3, -0.25) is 9.59 Å². The third kappa shape index (κ3) is 9.34. The Morgan fingerprint density at radius 3 is 2.48 bits per heavy atom.